The molecule has 1 aromatic carbocycles. The molecule has 2 rings (SSSR count). The van der Waals surface area contributed by atoms with Crippen LogP contribution in [0.5, 0.6) is 5.75 Å². The summed E-state index contributed by atoms with van der Waals surface area (Å²) in [6.07, 6.45) is 9.12. The van der Waals surface area contributed by atoms with E-state index in [1.807, 2.05) is 13.1 Å². The molecule has 0 spiro atoms. The first-order valence-electron chi connectivity index (χ1n) is 7.86. The Bertz CT molecular complexity index is 458. The molecule has 21 heavy (non-hydrogen) atoms. The molecule has 118 valence electrons. The van der Waals surface area contributed by atoms with Crippen LogP contribution in [-0.2, 0) is 0 Å². The molecule has 1 fully saturated rings. The van der Waals surface area contributed by atoms with Gasteiger partial charge in [-0.3, -0.25) is 0 Å². The molecule has 0 bridgehead atoms. The van der Waals surface area contributed by atoms with Crippen LogP contribution in [0.2, 0.25) is 0 Å². The molecule has 1 aliphatic carbocycles. The van der Waals surface area contributed by atoms with E-state index in [-0.39, 0.29) is 11.9 Å². The van der Waals surface area contributed by atoms with Crippen LogP contribution in [0.25, 0.3) is 0 Å². The second-order valence-electron chi connectivity index (χ2n) is 5.94. The number of rotatable bonds is 5. The maximum atomic E-state index is 13.7. The van der Waals surface area contributed by atoms with Crippen molar-refractivity contribution in [3.05, 3.63) is 28.0 Å². The Morgan fingerprint density at radius 3 is 2.52 bits per heavy atom. The van der Waals surface area contributed by atoms with Gasteiger partial charge < -0.3 is 10.1 Å². The van der Waals surface area contributed by atoms with Crippen LogP contribution in [0.4, 0.5) is 4.39 Å². The van der Waals surface area contributed by atoms with Crippen LogP contribution in [0.15, 0.2) is 16.6 Å². The van der Waals surface area contributed by atoms with E-state index in [1.165, 1.54) is 44.6 Å². The van der Waals surface area contributed by atoms with E-state index in [1.54, 1.807) is 7.11 Å². The number of hydrogen-bond donors (Lipinski definition) is 1. The maximum Gasteiger partial charge on any atom is 0.141 e. The number of ether oxygens (including phenoxy) is 1. The Balaban J connectivity index is 2.17. The van der Waals surface area contributed by atoms with Crippen LogP contribution in [0.1, 0.15) is 56.6 Å². The van der Waals surface area contributed by atoms with Crippen LogP contribution < -0.4 is 10.1 Å². The van der Waals surface area contributed by atoms with Gasteiger partial charge in [-0.2, -0.15) is 0 Å². The van der Waals surface area contributed by atoms with E-state index in [9.17, 15) is 4.39 Å². The van der Waals surface area contributed by atoms with E-state index in [0.29, 0.717) is 10.2 Å². The summed E-state index contributed by atoms with van der Waals surface area (Å²) in [6.45, 7) is 0. The Hall–Kier alpha value is -0.610. The summed E-state index contributed by atoms with van der Waals surface area (Å²) in [5.74, 6) is 1.10. The number of methoxy groups -OCH3 is 1. The topological polar surface area (TPSA) is 21.3 Å². The third kappa shape index (κ3) is 4.43. The molecule has 2 nitrogen and oxygen atoms in total. The van der Waals surface area contributed by atoms with Gasteiger partial charge in [0.2, 0.25) is 0 Å². The van der Waals surface area contributed by atoms with Gasteiger partial charge in [0, 0.05) is 17.7 Å². The fourth-order valence-corrected chi connectivity index (χ4v) is 3.69. The van der Waals surface area contributed by atoms with E-state index in [2.05, 4.69) is 21.2 Å². The van der Waals surface area contributed by atoms with Gasteiger partial charge in [0.1, 0.15) is 11.6 Å². The standard InChI is InChI=1S/C17H25BrFNO/c1-20-16(9-12-7-5-3-4-6-8-12)13-10-14(18)15(19)11-17(13)21-2/h10-12,16,20H,3-9H2,1-2H3. The summed E-state index contributed by atoms with van der Waals surface area (Å²) >= 11 is 3.29. The van der Waals surface area contributed by atoms with Gasteiger partial charge >= 0.3 is 0 Å². The Kier molecular flexibility index (Phi) is 6.49. The number of benzene rings is 1. The molecule has 4 heteroatoms. The summed E-state index contributed by atoms with van der Waals surface area (Å²) in [7, 11) is 3.57. The Labute approximate surface area is 135 Å². The number of nitrogens with one attached hydrogen (secondary N) is 1. The third-order valence-electron chi connectivity index (χ3n) is 4.54. The van der Waals surface area contributed by atoms with Crippen LogP contribution in [-0.4, -0.2) is 14.2 Å². The zero-order valence-corrected chi connectivity index (χ0v) is 14.5. The molecule has 0 saturated heterocycles. The Morgan fingerprint density at radius 2 is 1.95 bits per heavy atom. The fraction of sp³-hybridized carbons (Fsp3) is 0.647. The molecule has 1 saturated carbocycles. The van der Waals surface area contributed by atoms with Crippen molar-refractivity contribution in [2.45, 2.75) is 51.0 Å². The third-order valence-corrected chi connectivity index (χ3v) is 5.15. The maximum absolute atomic E-state index is 13.7. The smallest absolute Gasteiger partial charge is 0.141 e. The van der Waals surface area contributed by atoms with Crippen molar-refractivity contribution < 1.29 is 9.13 Å². The van der Waals surface area contributed by atoms with Crippen molar-refractivity contribution in [3.8, 4) is 5.75 Å². The van der Waals surface area contributed by atoms with Gasteiger partial charge in [0.05, 0.1) is 11.6 Å². The highest BCUT2D eigenvalue weighted by Crippen LogP contribution is 2.36. The van der Waals surface area contributed by atoms with Crippen LogP contribution >= 0.6 is 15.9 Å². The molecule has 0 radical (unpaired) electrons. The predicted molar refractivity (Wildman–Crippen MR) is 88.3 cm³/mol. The van der Waals surface area contributed by atoms with E-state index < -0.39 is 0 Å². The molecule has 0 aromatic heterocycles. The zero-order valence-electron chi connectivity index (χ0n) is 12.9. The minimum Gasteiger partial charge on any atom is -0.496 e. The highest BCUT2D eigenvalue weighted by Gasteiger charge is 2.22. The van der Waals surface area contributed by atoms with Crippen LogP contribution in [0, 0.1) is 11.7 Å². The average molecular weight is 358 g/mol. The molecular formula is C17H25BrFNO. The number of halogens is 2. The van der Waals surface area contributed by atoms with Crippen molar-refractivity contribution in [2.75, 3.05) is 14.2 Å². The number of hydrogen-bond acceptors (Lipinski definition) is 2. The molecule has 0 heterocycles. The minimum atomic E-state index is -0.278. The van der Waals surface area contributed by atoms with Crippen molar-refractivity contribution in [1.29, 1.82) is 0 Å². The van der Waals surface area contributed by atoms with Gasteiger partial charge in [-0.1, -0.05) is 38.5 Å². The lowest BCUT2D eigenvalue weighted by Crippen LogP contribution is -2.21. The lowest BCUT2D eigenvalue weighted by Gasteiger charge is -2.24. The summed E-state index contributed by atoms with van der Waals surface area (Å²) in [6, 6.07) is 3.53. The quantitative estimate of drug-likeness (QED) is 0.729. The highest BCUT2D eigenvalue weighted by molar-refractivity contribution is 9.10. The first kappa shape index (κ1) is 16.8. The SMILES string of the molecule is CNC(CC1CCCCCC1)c1cc(Br)c(F)cc1OC. The molecule has 1 aromatic rings. The predicted octanol–water partition coefficient (Wildman–Crippen LogP) is 5.22. The summed E-state index contributed by atoms with van der Waals surface area (Å²) < 4.78 is 19.6. The first-order valence-corrected chi connectivity index (χ1v) is 8.65. The monoisotopic (exact) mass is 357 g/mol. The molecule has 1 atom stereocenters. The molecule has 1 unspecified atom stereocenters. The molecule has 1 aliphatic rings. The summed E-state index contributed by atoms with van der Waals surface area (Å²) in [4.78, 5) is 0. The second kappa shape index (κ2) is 8.14. The van der Waals surface area contributed by atoms with Crippen molar-refractivity contribution in [1.82, 2.24) is 5.32 Å². The fourth-order valence-electron chi connectivity index (χ4n) is 3.33. The van der Waals surface area contributed by atoms with Gasteiger partial charge in [-0.15, -0.1) is 0 Å². The molecular weight excluding hydrogens is 333 g/mol. The van der Waals surface area contributed by atoms with Crippen molar-refractivity contribution >= 4 is 15.9 Å². The Morgan fingerprint density at radius 1 is 1.29 bits per heavy atom. The minimum absolute atomic E-state index is 0.208. The molecule has 0 aliphatic heterocycles. The zero-order chi connectivity index (χ0) is 15.2. The highest BCUT2D eigenvalue weighted by atomic mass is 79.9. The van der Waals surface area contributed by atoms with E-state index in [0.717, 1.165) is 17.9 Å². The van der Waals surface area contributed by atoms with Crippen LogP contribution in [0.3, 0.4) is 0 Å². The second-order valence-corrected chi connectivity index (χ2v) is 6.80. The van der Waals surface area contributed by atoms with Gasteiger partial charge in [-0.05, 0) is 41.4 Å². The lowest BCUT2D eigenvalue weighted by atomic mass is 9.89. The van der Waals surface area contributed by atoms with Gasteiger partial charge in [0.25, 0.3) is 0 Å². The normalized spacial score (nSPS) is 18.3. The van der Waals surface area contributed by atoms with Crippen molar-refractivity contribution in [3.63, 3.8) is 0 Å². The lowest BCUT2D eigenvalue weighted by molar-refractivity contribution is 0.351. The van der Waals surface area contributed by atoms with Crippen molar-refractivity contribution in [2.24, 2.45) is 5.92 Å². The largest absolute Gasteiger partial charge is 0.496 e. The summed E-state index contributed by atoms with van der Waals surface area (Å²) in [5.41, 5.74) is 1.04. The molecule has 0 amide bonds. The first-order chi connectivity index (χ1) is 10.2. The van der Waals surface area contributed by atoms with E-state index >= 15 is 0 Å². The summed E-state index contributed by atoms with van der Waals surface area (Å²) in [5, 5.41) is 3.38. The average Bonchev–Trinajstić information content (AvgIpc) is 2.76. The van der Waals surface area contributed by atoms with Gasteiger partial charge in [-0.25, -0.2) is 4.39 Å². The molecule has 1 N–H and O–H groups in total. The van der Waals surface area contributed by atoms with Gasteiger partial charge in [0.15, 0.2) is 0 Å². The van der Waals surface area contributed by atoms with E-state index in [4.69, 9.17) is 4.74 Å².